The van der Waals surface area contributed by atoms with Crippen molar-refractivity contribution in [3.05, 3.63) is 41.7 Å². The lowest BCUT2D eigenvalue weighted by atomic mass is 10.1. The molecular formula is C16H20BrNS3. The number of thioether (sulfide) groups is 1. The maximum absolute atomic E-state index is 3.74. The Hall–Kier alpha value is 0.190. The lowest BCUT2D eigenvalue weighted by molar-refractivity contribution is 0.613. The summed E-state index contributed by atoms with van der Waals surface area (Å²) >= 11 is 9.65. The normalized spacial score (nSPS) is 16.0. The van der Waals surface area contributed by atoms with E-state index in [9.17, 15) is 0 Å². The highest BCUT2D eigenvalue weighted by atomic mass is 79.9. The summed E-state index contributed by atoms with van der Waals surface area (Å²) in [6.07, 6.45) is 2.42. The van der Waals surface area contributed by atoms with Crippen molar-refractivity contribution in [2.45, 2.75) is 38.5 Å². The summed E-state index contributed by atoms with van der Waals surface area (Å²) in [6, 6.07) is 5.10. The first-order valence-electron chi connectivity index (χ1n) is 7.37. The third-order valence-electron chi connectivity index (χ3n) is 3.69. The maximum Gasteiger partial charge on any atom is 0.0765 e. The van der Waals surface area contributed by atoms with Crippen LogP contribution in [0.1, 0.15) is 44.5 Å². The minimum atomic E-state index is 0.362. The van der Waals surface area contributed by atoms with Crippen molar-refractivity contribution in [1.29, 1.82) is 0 Å². The Morgan fingerprint density at radius 3 is 2.76 bits per heavy atom. The number of aryl methyl sites for hydroxylation is 2. The van der Waals surface area contributed by atoms with Gasteiger partial charge in [-0.1, -0.05) is 6.92 Å². The quantitative estimate of drug-likeness (QED) is 0.683. The molecule has 1 nitrogen and oxygen atoms in total. The maximum atomic E-state index is 3.74. The van der Waals surface area contributed by atoms with Crippen LogP contribution in [0.2, 0.25) is 0 Å². The smallest absolute Gasteiger partial charge is 0.0765 e. The van der Waals surface area contributed by atoms with Crippen molar-refractivity contribution in [3.63, 3.8) is 0 Å². The Bertz CT molecular complexity index is 574. The first kappa shape index (κ1) is 16.1. The van der Waals surface area contributed by atoms with Crippen LogP contribution in [0.3, 0.4) is 0 Å². The van der Waals surface area contributed by atoms with Gasteiger partial charge in [-0.25, -0.2) is 0 Å². The van der Waals surface area contributed by atoms with Gasteiger partial charge in [0.25, 0.3) is 0 Å². The first-order chi connectivity index (χ1) is 10.2. The van der Waals surface area contributed by atoms with E-state index in [2.05, 4.69) is 59.0 Å². The van der Waals surface area contributed by atoms with Gasteiger partial charge in [-0.15, -0.1) is 22.7 Å². The Balaban J connectivity index is 1.92. The molecule has 21 heavy (non-hydrogen) atoms. The fourth-order valence-electron chi connectivity index (χ4n) is 2.57. The van der Waals surface area contributed by atoms with E-state index in [1.807, 2.05) is 22.7 Å². The van der Waals surface area contributed by atoms with E-state index in [0.717, 1.165) is 6.54 Å². The molecular weight excluding hydrogens is 382 g/mol. The molecule has 2 aromatic rings. The van der Waals surface area contributed by atoms with Crippen LogP contribution >= 0.6 is 50.4 Å². The molecule has 0 aromatic carbocycles. The molecule has 3 heterocycles. The summed E-state index contributed by atoms with van der Waals surface area (Å²) in [5, 5.41) is 3.74. The molecule has 3 rings (SSSR count). The van der Waals surface area contributed by atoms with Crippen LogP contribution in [0.5, 0.6) is 0 Å². The number of hydrogen-bond donors (Lipinski definition) is 1. The third-order valence-corrected chi connectivity index (χ3v) is 8.20. The summed E-state index contributed by atoms with van der Waals surface area (Å²) in [5.41, 5.74) is 1.57. The molecule has 114 valence electrons. The monoisotopic (exact) mass is 401 g/mol. The van der Waals surface area contributed by atoms with Gasteiger partial charge in [-0.05, 0) is 65.7 Å². The van der Waals surface area contributed by atoms with E-state index in [0.29, 0.717) is 6.04 Å². The fraction of sp³-hybridized carbons (Fsp3) is 0.500. The van der Waals surface area contributed by atoms with Gasteiger partial charge in [-0.2, -0.15) is 11.8 Å². The van der Waals surface area contributed by atoms with E-state index < -0.39 is 0 Å². The number of halogens is 1. The van der Waals surface area contributed by atoms with Gasteiger partial charge in [0.1, 0.15) is 0 Å². The number of hydrogen-bond acceptors (Lipinski definition) is 4. The van der Waals surface area contributed by atoms with Crippen LogP contribution < -0.4 is 5.32 Å². The second kappa shape index (κ2) is 7.18. The zero-order valence-electron chi connectivity index (χ0n) is 12.4. The van der Waals surface area contributed by atoms with E-state index >= 15 is 0 Å². The van der Waals surface area contributed by atoms with Gasteiger partial charge < -0.3 is 5.32 Å². The molecule has 0 spiro atoms. The second-order valence-electron chi connectivity index (χ2n) is 5.34. The van der Waals surface area contributed by atoms with Crippen LogP contribution in [-0.4, -0.2) is 12.3 Å². The molecule has 1 atom stereocenters. The van der Waals surface area contributed by atoms with Crippen LogP contribution in [-0.2, 0) is 12.2 Å². The molecule has 1 unspecified atom stereocenters. The summed E-state index contributed by atoms with van der Waals surface area (Å²) < 4.78 is 1.24. The first-order valence-corrected chi connectivity index (χ1v) is 11.0. The van der Waals surface area contributed by atoms with Crippen molar-refractivity contribution in [1.82, 2.24) is 5.32 Å². The van der Waals surface area contributed by atoms with Crippen molar-refractivity contribution < 1.29 is 0 Å². The van der Waals surface area contributed by atoms with Crippen molar-refractivity contribution in [2.24, 2.45) is 0 Å². The summed E-state index contributed by atoms with van der Waals surface area (Å²) in [5.74, 6) is 2.48. The number of thiophene rings is 2. The molecule has 1 aliphatic heterocycles. The predicted molar refractivity (Wildman–Crippen MR) is 101 cm³/mol. The topological polar surface area (TPSA) is 12.0 Å². The summed E-state index contributed by atoms with van der Waals surface area (Å²) in [4.78, 5) is 5.90. The summed E-state index contributed by atoms with van der Waals surface area (Å²) in [7, 11) is 0. The highest BCUT2D eigenvalue weighted by Gasteiger charge is 2.22. The fourth-order valence-corrected chi connectivity index (χ4v) is 6.77. The van der Waals surface area contributed by atoms with E-state index in [1.165, 1.54) is 43.5 Å². The van der Waals surface area contributed by atoms with Gasteiger partial charge >= 0.3 is 0 Å². The average molecular weight is 402 g/mol. The van der Waals surface area contributed by atoms with E-state index in [1.54, 1.807) is 10.4 Å². The largest absolute Gasteiger partial charge is 0.305 e. The number of fused-ring (bicyclic) bond motifs is 1. The standard InChI is InChI=1S/C16H20BrNS3/c1-3-5-18-16(15-8-12(17)10(2)20-15)14-7-11-9-19-6-4-13(11)21-14/h7-8,16,18H,3-6,9H2,1-2H3. The molecule has 0 fully saturated rings. The van der Waals surface area contributed by atoms with Gasteiger partial charge in [-0.3, -0.25) is 0 Å². The van der Waals surface area contributed by atoms with Crippen LogP contribution in [0.4, 0.5) is 0 Å². The molecule has 5 heteroatoms. The number of nitrogens with one attached hydrogen (secondary N) is 1. The van der Waals surface area contributed by atoms with Crippen LogP contribution in [0.25, 0.3) is 0 Å². The van der Waals surface area contributed by atoms with Crippen molar-refractivity contribution in [2.75, 3.05) is 12.3 Å². The Morgan fingerprint density at radius 1 is 1.29 bits per heavy atom. The van der Waals surface area contributed by atoms with E-state index in [4.69, 9.17) is 0 Å². The predicted octanol–water partition coefficient (Wildman–Crippen LogP) is 5.76. The minimum Gasteiger partial charge on any atom is -0.305 e. The minimum absolute atomic E-state index is 0.362. The van der Waals surface area contributed by atoms with Gasteiger partial charge in [0.05, 0.1) is 6.04 Å². The molecule has 1 aliphatic rings. The van der Waals surface area contributed by atoms with Crippen LogP contribution in [0, 0.1) is 6.92 Å². The lowest BCUT2D eigenvalue weighted by Gasteiger charge is -2.15. The van der Waals surface area contributed by atoms with Gasteiger partial charge in [0, 0.05) is 29.7 Å². The van der Waals surface area contributed by atoms with Crippen molar-refractivity contribution >= 4 is 50.4 Å². The Kier molecular flexibility index (Phi) is 5.49. The molecule has 0 bridgehead atoms. The molecule has 0 aliphatic carbocycles. The SMILES string of the molecule is CCCNC(c1cc(Br)c(C)s1)c1cc2c(s1)CCSC2. The highest BCUT2D eigenvalue weighted by molar-refractivity contribution is 9.10. The zero-order valence-corrected chi connectivity index (χ0v) is 16.4. The van der Waals surface area contributed by atoms with E-state index in [-0.39, 0.29) is 0 Å². The highest BCUT2D eigenvalue weighted by Crippen LogP contribution is 2.39. The average Bonchev–Trinajstić information content (AvgIpc) is 3.04. The molecule has 0 saturated carbocycles. The Morgan fingerprint density at radius 2 is 2.10 bits per heavy atom. The zero-order chi connectivity index (χ0) is 14.8. The molecule has 1 N–H and O–H groups in total. The van der Waals surface area contributed by atoms with Gasteiger partial charge in [0.15, 0.2) is 0 Å². The Labute approximate surface area is 147 Å². The third kappa shape index (κ3) is 3.58. The summed E-state index contributed by atoms with van der Waals surface area (Å²) in [6.45, 7) is 5.48. The molecule has 0 radical (unpaired) electrons. The molecule has 0 saturated heterocycles. The lowest BCUT2D eigenvalue weighted by Crippen LogP contribution is -2.21. The molecule has 2 aromatic heterocycles. The van der Waals surface area contributed by atoms with Crippen LogP contribution in [0.15, 0.2) is 16.6 Å². The number of rotatable bonds is 5. The molecule has 0 amide bonds. The second-order valence-corrected chi connectivity index (χ2v) is 9.76. The van der Waals surface area contributed by atoms with Crippen molar-refractivity contribution in [3.8, 4) is 0 Å². The van der Waals surface area contributed by atoms with Gasteiger partial charge in [0.2, 0.25) is 0 Å².